The molecule has 2 heteroatoms. The van der Waals surface area contributed by atoms with Crippen LogP contribution < -0.4 is 5.73 Å². The molecule has 4 unspecified atom stereocenters. The van der Waals surface area contributed by atoms with Gasteiger partial charge in [0.1, 0.15) is 0 Å². The van der Waals surface area contributed by atoms with Gasteiger partial charge < -0.3 is 10.5 Å². The van der Waals surface area contributed by atoms with E-state index in [-0.39, 0.29) is 5.60 Å². The Balaban J connectivity index is 1.91. The summed E-state index contributed by atoms with van der Waals surface area (Å²) in [5, 5.41) is 0. The highest BCUT2D eigenvalue weighted by Gasteiger charge is 2.39. The van der Waals surface area contributed by atoms with E-state index in [1.54, 1.807) is 0 Å². The largest absolute Gasteiger partial charge is 0.370 e. The summed E-state index contributed by atoms with van der Waals surface area (Å²) in [6.07, 6.45) is 9.34. The zero-order valence-corrected chi connectivity index (χ0v) is 10.9. The van der Waals surface area contributed by atoms with Gasteiger partial charge in [0, 0.05) is 6.54 Å². The number of hydrogen-bond donors (Lipinski definition) is 1. The lowest BCUT2D eigenvalue weighted by atomic mass is 9.88. The van der Waals surface area contributed by atoms with Crippen molar-refractivity contribution >= 4 is 0 Å². The Labute approximate surface area is 99.9 Å². The number of hydrogen-bond acceptors (Lipinski definition) is 2. The molecule has 0 aromatic heterocycles. The van der Waals surface area contributed by atoms with Gasteiger partial charge in [0.2, 0.25) is 0 Å². The smallest absolute Gasteiger partial charge is 0.0810 e. The second kappa shape index (κ2) is 5.05. The van der Waals surface area contributed by atoms with Gasteiger partial charge in [-0.2, -0.15) is 0 Å². The topological polar surface area (TPSA) is 35.2 Å². The second-order valence-electron chi connectivity index (χ2n) is 6.25. The fraction of sp³-hybridized carbons (Fsp3) is 1.00. The first-order chi connectivity index (χ1) is 7.63. The van der Waals surface area contributed by atoms with Crippen molar-refractivity contribution in [2.24, 2.45) is 17.6 Å². The maximum atomic E-state index is 6.40. The molecular formula is C14H27NO. The normalized spacial score (nSPS) is 44.8. The molecule has 0 bridgehead atoms. The standard InChI is InChI=1S/C14H27NO/c1-11-4-3-5-13(8-11)16-14(10-15)7-6-12(2)9-14/h11-13H,3-10,15H2,1-2H3. The monoisotopic (exact) mass is 225 g/mol. The van der Waals surface area contributed by atoms with Crippen LogP contribution in [0.25, 0.3) is 0 Å². The van der Waals surface area contributed by atoms with Crippen LogP contribution in [0.3, 0.4) is 0 Å². The third-order valence-electron chi connectivity index (χ3n) is 4.49. The summed E-state index contributed by atoms with van der Waals surface area (Å²) in [7, 11) is 0. The second-order valence-corrected chi connectivity index (χ2v) is 6.25. The lowest BCUT2D eigenvalue weighted by Gasteiger charge is -2.36. The molecule has 16 heavy (non-hydrogen) atoms. The molecule has 0 radical (unpaired) electrons. The van der Waals surface area contributed by atoms with Crippen LogP contribution in [-0.4, -0.2) is 18.2 Å². The first-order valence-corrected chi connectivity index (χ1v) is 7.01. The molecule has 0 amide bonds. The maximum absolute atomic E-state index is 6.40. The van der Waals surface area contributed by atoms with Crippen LogP contribution in [0.1, 0.15) is 58.8 Å². The molecule has 2 saturated carbocycles. The van der Waals surface area contributed by atoms with Crippen LogP contribution in [0.15, 0.2) is 0 Å². The Morgan fingerprint density at radius 2 is 2.00 bits per heavy atom. The molecule has 2 N–H and O–H groups in total. The Bertz CT molecular complexity index is 231. The molecule has 0 heterocycles. The van der Waals surface area contributed by atoms with Crippen molar-refractivity contribution in [2.45, 2.75) is 70.5 Å². The van der Waals surface area contributed by atoms with Crippen LogP contribution in [0, 0.1) is 11.8 Å². The van der Waals surface area contributed by atoms with Crippen molar-refractivity contribution in [2.75, 3.05) is 6.54 Å². The highest BCUT2D eigenvalue weighted by Crippen LogP contribution is 2.39. The summed E-state index contributed by atoms with van der Waals surface area (Å²) in [6, 6.07) is 0. The average molecular weight is 225 g/mol. The highest BCUT2D eigenvalue weighted by atomic mass is 16.5. The quantitative estimate of drug-likeness (QED) is 0.801. The van der Waals surface area contributed by atoms with E-state index in [1.165, 1.54) is 44.9 Å². The van der Waals surface area contributed by atoms with Crippen LogP contribution in [0.5, 0.6) is 0 Å². The Morgan fingerprint density at radius 3 is 2.56 bits per heavy atom. The zero-order chi connectivity index (χ0) is 11.6. The van der Waals surface area contributed by atoms with Gasteiger partial charge in [0.05, 0.1) is 11.7 Å². The summed E-state index contributed by atoms with van der Waals surface area (Å²) >= 11 is 0. The molecule has 94 valence electrons. The maximum Gasteiger partial charge on any atom is 0.0810 e. The van der Waals surface area contributed by atoms with Crippen molar-refractivity contribution < 1.29 is 4.74 Å². The molecule has 2 aliphatic rings. The van der Waals surface area contributed by atoms with E-state index >= 15 is 0 Å². The van der Waals surface area contributed by atoms with Crippen LogP contribution >= 0.6 is 0 Å². The van der Waals surface area contributed by atoms with E-state index in [4.69, 9.17) is 10.5 Å². The van der Waals surface area contributed by atoms with Gasteiger partial charge in [-0.3, -0.25) is 0 Å². The molecule has 2 aliphatic carbocycles. The predicted octanol–water partition coefficient (Wildman–Crippen LogP) is 3.10. The summed E-state index contributed by atoms with van der Waals surface area (Å²) in [5.41, 5.74) is 5.99. The summed E-state index contributed by atoms with van der Waals surface area (Å²) in [4.78, 5) is 0. The predicted molar refractivity (Wildman–Crippen MR) is 67.3 cm³/mol. The van der Waals surface area contributed by atoms with Gasteiger partial charge in [-0.1, -0.05) is 26.7 Å². The minimum atomic E-state index is 0.0289. The van der Waals surface area contributed by atoms with Crippen molar-refractivity contribution in [3.8, 4) is 0 Å². The van der Waals surface area contributed by atoms with E-state index in [0.29, 0.717) is 12.6 Å². The van der Waals surface area contributed by atoms with Crippen molar-refractivity contribution in [1.29, 1.82) is 0 Å². The SMILES string of the molecule is CC1CCCC(OC2(CN)CCC(C)C2)C1. The summed E-state index contributed by atoms with van der Waals surface area (Å²) in [6.45, 7) is 5.38. The molecule has 0 aromatic rings. The fourth-order valence-electron chi connectivity index (χ4n) is 3.53. The molecule has 2 rings (SSSR count). The van der Waals surface area contributed by atoms with Crippen LogP contribution in [-0.2, 0) is 4.74 Å². The van der Waals surface area contributed by atoms with Gasteiger partial charge in [0.15, 0.2) is 0 Å². The molecule has 2 fully saturated rings. The zero-order valence-electron chi connectivity index (χ0n) is 10.9. The third kappa shape index (κ3) is 2.78. The van der Waals surface area contributed by atoms with E-state index in [0.717, 1.165) is 11.8 Å². The van der Waals surface area contributed by atoms with Gasteiger partial charge in [-0.15, -0.1) is 0 Å². The van der Waals surface area contributed by atoms with Crippen LogP contribution in [0.4, 0.5) is 0 Å². The summed E-state index contributed by atoms with van der Waals surface area (Å²) in [5.74, 6) is 1.64. The van der Waals surface area contributed by atoms with Gasteiger partial charge in [-0.05, 0) is 43.9 Å². The van der Waals surface area contributed by atoms with E-state index < -0.39 is 0 Å². The minimum Gasteiger partial charge on any atom is -0.370 e. The minimum absolute atomic E-state index is 0.0289. The molecule has 2 nitrogen and oxygen atoms in total. The molecule has 4 atom stereocenters. The molecule has 0 aromatic carbocycles. The molecular weight excluding hydrogens is 198 g/mol. The van der Waals surface area contributed by atoms with Crippen LogP contribution in [0.2, 0.25) is 0 Å². The third-order valence-corrected chi connectivity index (χ3v) is 4.49. The van der Waals surface area contributed by atoms with Gasteiger partial charge in [-0.25, -0.2) is 0 Å². The number of ether oxygens (including phenoxy) is 1. The lowest BCUT2D eigenvalue weighted by molar-refractivity contribution is -0.103. The van der Waals surface area contributed by atoms with E-state index in [1.807, 2.05) is 0 Å². The first-order valence-electron chi connectivity index (χ1n) is 7.01. The van der Waals surface area contributed by atoms with Crippen molar-refractivity contribution in [3.05, 3.63) is 0 Å². The molecule has 0 saturated heterocycles. The number of nitrogens with two attached hydrogens (primary N) is 1. The van der Waals surface area contributed by atoms with Crippen molar-refractivity contribution in [1.82, 2.24) is 0 Å². The highest BCUT2D eigenvalue weighted by molar-refractivity contribution is 4.92. The van der Waals surface area contributed by atoms with Gasteiger partial charge in [0.25, 0.3) is 0 Å². The Kier molecular flexibility index (Phi) is 3.91. The van der Waals surface area contributed by atoms with Gasteiger partial charge >= 0.3 is 0 Å². The Morgan fingerprint density at radius 1 is 1.19 bits per heavy atom. The first kappa shape index (κ1) is 12.4. The molecule has 0 spiro atoms. The summed E-state index contributed by atoms with van der Waals surface area (Å²) < 4.78 is 6.40. The fourth-order valence-corrected chi connectivity index (χ4v) is 3.53. The average Bonchev–Trinajstić information content (AvgIpc) is 2.61. The lowest BCUT2D eigenvalue weighted by Crippen LogP contribution is -2.42. The number of rotatable bonds is 3. The van der Waals surface area contributed by atoms with E-state index in [9.17, 15) is 0 Å². The molecule has 0 aliphatic heterocycles. The van der Waals surface area contributed by atoms with Crippen molar-refractivity contribution in [3.63, 3.8) is 0 Å². The Hall–Kier alpha value is -0.0800. The van der Waals surface area contributed by atoms with E-state index in [2.05, 4.69) is 13.8 Å².